The zero-order valence-corrected chi connectivity index (χ0v) is 36.8. The van der Waals surface area contributed by atoms with E-state index in [0.717, 1.165) is 48.1 Å². The zero-order valence-electron chi connectivity index (χ0n) is 35.1. The molecule has 4 heterocycles. The highest BCUT2D eigenvalue weighted by Gasteiger charge is 2.20. The molecule has 4 aromatic heterocycles. The van der Waals surface area contributed by atoms with Gasteiger partial charge in [-0.2, -0.15) is 0 Å². The van der Waals surface area contributed by atoms with Gasteiger partial charge in [0, 0.05) is 63.7 Å². The topological polar surface area (TPSA) is 84.0 Å². The Morgan fingerprint density at radius 1 is 0.585 bits per heavy atom. The lowest BCUT2D eigenvalue weighted by Crippen LogP contribution is -1.96. The molecule has 0 atom stereocenters. The fourth-order valence-corrected chi connectivity index (χ4v) is 9.88. The molecule has 4 aromatic carbocycles. The van der Waals surface area contributed by atoms with Crippen LogP contribution in [-0.4, -0.2) is 29.7 Å². The number of hydrogen-bond acceptors (Lipinski definition) is 7. The molecule has 0 bridgehead atoms. The Balaban J connectivity index is 0.000000151. The molecule has 8 aromatic rings. The third-order valence-electron chi connectivity index (χ3n) is 10.7. The molecule has 332 valence electrons. The fourth-order valence-electron chi connectivity index (χ4n) is 7.69. The fraction of sp³-hybridized carbons (Fsp3) is 0.170. The molecule has 0 fully saturated rings. The lowest BCUT2D eigenvalue weighted by molar-refractivity contribution is -0.105. The smallest absolute Gasteiger partial charge is 0.211 e. The predicted octanol–water partition coefficient (Wildman–Crippen LogP) is 14.2. The van der Waals surface area contributed by atoms with E-state index in [0.29, 0.717) is 12.5 Å². The van der Waals surface area contributed by atoms with Crippen molar-refractivity contribution in [2.45, 2.75) is 52.9 Å². The number of aldehydes is 1. The molecule has 10 rings (SSSR count). The minimum atomic E-state index is -0.780. The van der Waals surface area contributed by atoms with E-state index in [4.69, 9.17) is 0 Å². The SMILES string of the molecule is C.CNc1c(F)cccc1F.Cc1cc2c(s1)-c1cc(-c3cccnc3)ccc1CCC2.O=CNc1ccc(F)cc1F.O=Cc1cc2c(s1)-c1cc(-c3cccnc3)ccc1CCC2. The van der Waals surface area contributed by atoms with Crippen molar-refractivity contribution in [2.75, 3.05) is 17.7 Å². The molecule has 1 amide bonds. The lowest BCUT2D eigenvalue weighted by Gasteiger charge is -2.09. The molecule has 2 aliphatic rings. The van der Waals surface area contributed by atoms with E-state index in [1.165, 1.54) is 109 Å². The predicted molar refractivity (Wildman–Crippen MR) is 259 cm³/mol. The van der Waals surface area contributed by atoms with Crippen LogP contribution in [0.2, 0.25) is 0 Å². The number of carbonyl (C=O) groups excluding carboxylic acids is 2. The molecule has 0 saturated carbocycles. The summed E-state index contributed by atoms with van der Waals surface area (Å²) in [5, 5.41) is 4.49. The first-order valence-corrected chi connectivity index (χ1v) is 22.3. The summed E-state index contributed by atoms with van der Waals surface area (Å²) in [5.74, 6) is -2.58. The van der Waals surface area contributed by atoms with Crippen LogP contribution in [0.15, 0.2) is 134 Å². The number of nitrogens with zero attached hydrogens (tertiary/aromatic N) is 2. The zero-order chi connectivity index (χ0) is 45.0. The molecule has 2 N–H and O–H groups in total. The lowest BCUT2D eigenvalue weighted by atomic mass is 9.98. The van der Waals surface area contributed by atoms with Crippen LogP contribution in [0, 0.1) is 30.2 Å². The largest absolute Gasteiger partial charge is 0.383 e. The molecule has 0 spiro atoms. The Hall–Kier alpha value is -6.76. The highest BCUT2D eigenvalue weighted by molar-refractivity contribution is 7.17. The summed E-state index contributed by atoms with van der Waals surface area (Å²) in [6.45, 7) is 2.21. The number of amides is 1. The second-order valence-corrected chi connectivity index (χ2v) is 17.3. The summed E-state index contributed by atoms with van der Waals surface area (Å²) in [4.78, 5) is 34.4. The number of fused-ring (bicyclic) bond motifs is 6. The normalized spacial score (nSPS) is 11.8. The van der Waals surface area contributed by atoms with Crippen molar-refractivity contribution in [1.82, 2.24) is 9.97 Å². The highest BCUT2D eigenvalue weighted by Crippen LogP contribution is 2.41. The van der Waals surface area contributed by atoms with Crippen LogP contribution < -0.4 is 10.6 Å². The van der Waals surface area contributed by atoms with Gasteiger partial charge in [0.15, 0.2) is 6.29 Å². The number of pyridine rings is 2. The highest BCUT2D eigenvalue weighted by atomic mass is 32.1. The molecule has 6 nitrogen and oxygen atoms in total. The molecule has 0 unspecified atom stereocenters. The van der Waals surface area contributed by atoms with Crippen LogP contribution in [0.3, 0.4) is 0 Å². The van der Waals surface area contributed by atoms with Gasteiger partial charge in [-0.05, 0) is 151 Å². The summed E-state index contributed by atoms with van der Waals surface area (Å²) in [6.07, 6.45) is 15.7. The molecule has 12 heteroatoms. The number of hydrogen-bond donors (Lipinski definition) is 2. The van der Waals surface area contributed by atoms with Gasteiger partial charge in [-0.15, -0.1) is 22.7 Å². The third-order valence-corrected chi connectivity index (χ3v) is 13.0. The maximum Gasteiger partial charge on any atom is 0.211 e. The van der Waals surface area contributed by atoms with Crippen LogP contribution in [0.5, 0.6) is 0 Å². The monoisotopic (exact) mass is 912 g/mol. The van der Waals surface area contributed by atoms with Gasteiger partial charge in [0.2, 0.25) is 6.41 Å². The average molecular weight is 913 g/mol. The minimum Gasteiger partial charge on any atom is -0.383 e. The van der Waals surface area contributed by atoms with Crippen molar-refractivity contribution in [3.05, 3.63) is 189 Å². The summed E-state index contributed by atoms with van der Waals surface area (Å²) in [6, 6.07) is 32.8. The van der Waals surface area contributed by atoms with Crippen molar-refractivity contribution in [1.29, 1.82) is 0 Å². The minimum absolute atomic E-state index is 0. The molecule has 0 aliphatic heterocycles. The van der Waals surface area contributed by atoms with Crippen LogP contribution in [0.4, 0.5) is 28.9 Å². The van der Waals surface area contributed by atoms with Gasteiger partial charge in [0.1, 0.15) is 29.0 Å². The Morgan fingerprint density at radius 2 is 1.14 bits per heavy atom. The molecule has 0 saturated heterocycles. The molecule has 0 radical (unpaired) electrons. The van der Waals surface area contributed by atoms with Crippen molar-refractivity contribution in [2.24, 2.45) is 0 Å². The van der Waals surface area contributed by atoms with Gasteiger partial charge in [0.25, 0.3) is 0 Å². The third kappa shape index (κ3) is 11.9. The van der Waals surface area contributed by atoms with E-state index >= 15 is 0 Å². The van der Waals surface area contributed by atoms with E-state index < -0.39 is 23.3 Å². The Morgan fingerprint density at radius 3 is 1.63 bits per heavy atom. The number of para-hydroxylation sites is 1. The number of rotatable bonds is 6. The maximum absolute atomic E-state index is 12.6. The van der Waals surface area contributed by atoms with Gasteiger partial charge < -0.3 is 10.6 Å². The van der Waals surface area contributed by atoms with Gasteiger partial charge in [-0.3, -0.25) is 19.6 Å². The van der Waals surface area contributed by atoms with E-state index in [1.807, 2.05) is 42.1 Å². The molecular formula is C53H48F4N4O2S2. The van der Waals surface area contributed by atoms with Gasteiger partial charge in [-0.25, -0.2) is 17.6 Å². The van der Waals surface area contributed by atoms with Gasteiger partial charge in [0.05, 0.1) is 10.6 Å². The first-order chi connectivity index (χ1) is 31.1. The number of benzene rings is 4. The first kappa shape index (κ1) is 47.7. The number of anilines is 2. The number of halogens is 4. The Labute approximate surface area is 385 Å². The second-order valence-electron chi connectivity index (χ2n) is 15.0. The summed E-state index contributed by atoms with van der Waals surface area (Å²) >= 11 is 3.55. The molecular weight excluding hydrogens is 865 g/mol. The van der Waals surface area contributed by atoms with E-state index in [-0.39, 0.29) is 18.8 Å². The average Bonchev–Trinajstić information content (AvgIpc) is 3.81. The van der Waals surface area contributed by atoms with Gasteiger partial charge >= 0.3 is 0 Å². The maximum atomic E-state index is 12.6. The van der Waals surface area contributed by atoms with Crippen LogP contribution in [0.25, 0.3) is 43.1 Å². The number of aryl methyl sites for hydroxylation is 5. The Bertz CT molecular complexity index is 2850. The van der Waals surface area contributed by atoms with Gasteiger partial charge in [-0.1, -0.05) is 49.9 Å². The molecule has 2 aliphatic carbocycles. The Kier molecular flexibility index (Phi) is 16.7. The van der Waals surface area contributed by atoms with Crippen molar-refractivity contribution < 1.29 is 27.2 Å². The van der Waals surface area contributed by atoms with Crippen LogP contribution in [-0.2, 0) is 30.5 Å². The number of nitrogens with one attached hydrogen (secondary N) is 2. The summed E-state index contributed by atoms with van der Waals surface area (Å²) < 4.78 is 49.9. The van der Waals surface area contributed by atoms with Crippen molar-refractivity contribution >= 4 is 46.7 Å². The number of thiophene rings is 2. The second kappa shape index (κ2) is 22.7. The van der Waals surface area contributed by atoms with Crippen molar-refractivity contribution in [3.8, 4) is 43.1 Å². The standard InChI is InChI=1S/C19H15NOS.C19H17NS.C7H5F2NO.C7H7F2N.CH4/c21-12-17-9-15-4-1-3-13-6-7-14(10-18(13)19(15)22-17)16-5-2-8-20-11-16;1-13-10-16-5-2-4-14-7-8-15(11-18(14)19(16)21-13)17-6-3-9-20-12-17;8-5-1-2-7(10-4-11)6(9)3-5;1-10-7-5(8)3-2-4-6(7)9;/h2,5-12H,1,3-4H2;3,6-12H,2,4-5H2,1H3;1-4H,(H,10,11);2-4,10H,1H3;1H4. The molecule has 65 heavy (non-hydrogen) atoms. The number of carbonyl (C=O) groups is 2. The van der Waals surface area contributed by atoms with Crippen LogP contribution in [0.1, 0.15) is 57.1 Å². The quantitative estimate of drug-likeness (QED) is 0.128. The number of aromatic nitrogens is 2. The van der Waals surface area contributed by atoms with E-state index in [1.54, 1.807) is 17.5 Å². The van der Waals surface area contributed by atoms with E-state index in [9.17, 15) is 27.2 Å². The van der Waals surface area contributed by atoms with Crippen molar-refractivity contribution in [3.63, 3.8) is 0 Å². The van der Waals surface area contributed by atoms with E-state index in [2.05, 4.69) is 88.2 Å². The summed E-state index contributed by atoms with van der Waals surface area (Å²) in [5.41, 5.74) is 13.1. The first-order valence-electron chi connectivity index (χ1n) is 20.7. The van der Waals surface area contributed by atoms with Crippen LogP contribution >= 0.6 is 22.7 Å². The summed E-state index contributed by atoms with van der Waals surface area (Å²) in [7, 11) is 1.47.